The zero-order valence-electron chi connectivity index (χ0n) is 7.24. The molecule has 0 aliphatic heterocycles. The van der Waals surface area contributed by atoms with E-state index in [1.165, 1.54) is 4.90 Å². The molecule has 66 valence electrons. The fraction of sp³-hybridized carbons (Fsp3) is 0.333. The van der Waals surface area contributed by atoms with Crippen molar-refractivity contribution in [2.75, 3.05) is 20.2 Å². The topological polar surface area (TPSA) is 18.5 Å². The molecule has 12 heavy (non-hydrogen) atoms. The second kappa shape index (κ2) is 5.06. The van der Waals surface area contributed by atoms with Gasteiger partial charge in [-0.15, -0.1) is 11.8 Å². The zero-order chi connectivity index (χ0) is 8.81. The van der Waals surface area contributed by atoms with Gasteiger partial charge in [0.05, 0.1) is 0 Å². The average Bonchev–Trinajstić information content (AvgIpc) is 2.15. The van der Waals surface area contributed by atoms with Crippen molar-refractivity contribution in [2.45, 2.75) is 4.90 Å². The number of ether oxygens (including phenoxy) is 2. The van der Waals surface area contributed by atoms with Crippen LogP contribution in [0.4, 0.5) is 0 Å². The van der Waals surface area contributed by atoms with E-state index in [1.54, 1.807) is 18.9 Å². The first-order chi connectivity index (χ1) is 5.86. The molecular weight excluding hydrogens is 172 g/mol. The lowest BCUT2D eigenvalue weighted by Crippen LogP contribution is -1.98. The van der Waals surface area contributed by atoms with Gasteiger partial charge in [-0.1, -0.05) is 0 Å². The normalized spacial score (nSPS) is 9.83. The van der Waals surface area contributed by atoms with Crippen LogP contribution in [0.15, 0.2) is 29.2 Å². The Labute approximate surface area is 76.9 Å². The summed E-state index contributed by atoms with van der Waals surface area (Å²) in [6, 6.07) is 7.92. The van der Waals surface area contributed by atoms with Crippen LogP contribution in [-0.4, -0.2) is 20.2 Å². The number of benzene rings is 1. The van der Waals surface area contributed by atoms with E-state index in [0.29, 0.717) is 6.79 Å². The number of hydrogen-bond donors (Lipinski definition) is 0. The van der Waals surface area contributed by atoms with Crippen LogP contribution in [0.2, 0.25) is 0 Å². The Morgan fingerprint density at radius 1 is 1.25 bits per heavy atom. The highest BCUT2D eigenvalue weighted by Crippen LogP contribution is 2.18. The van der Waals surface area contributed by atoms with Crippen LogP contribution in [0, 0.1) is 0 Å². The van der Waals surface area contributed by atoms with Gasteiger partial charge in [-0.3, -0.25) is 0 Å². The summed E-state index contributed by atoms with van der Waals surface area (Å²) in [7, 11) is 1.61. The van der Waals surface area contributed by atoms with Gasteiger partial charge in [-0.25, -0.2) is 0 Å². The van der Waals surface area contributed by atoms with Crippen LogP contribution in [0.25, 0.3) is 0 Å². The van der Waals surface area contributed by atoms with E-state index < -0.39 is 0 Å². The van der Waals surface area contributed by atoms with Gasteiger partial charge in [-0.2, -0.15) is 0 Å². The second-order valence-electron chi connectivity index (χ2n) is 2.23. The average molecular weight is 184 g/mol. The third-order valence-electron chi connectivity index (χ3n) is 1.40. The molecule has 0 saturated carbocycles. The lowest BCUT2D eigenvalue weighted by atomic mass is 10.3. The van der Waals surface area contributed by atoms with Crippen molar-refractivity contribution in [1.82, 2.24) is 0 Å². The second-order valence-corrected chi connectivity index (χ2v) is 3.11. The summed E-state index contributed by atoms with van der Waals surface area (Å²) in [4.78, 5) is 1.24. The summed E-state index contributed by atoms with van der Waals surface area (Å²) >= 11 is 1.71. The third kappa shape index (κ3) is 2.75. The number of thioether (sulfide) groups is 1. The minimum Gasteiger partial charge on any atom is -0.468 e. The highest BCUT2D eigenvalue weighted by atomic mass is 32.2. The largest absolute Gasteiger partial charge is 0.468 e. The van der Waals surface area contributed by atoms with Crippen LogP contribution < -0.4 is 4.74 Å². The maximum Gasteiger partial charge on any atom is 0.188 e. The molecular formula is C9H12O2S. The molecule has 0 bridgehead atoms. The van der Waals surface area contributed by atoms with Crippen molar-refractivity contribution in [2.24, 2.45) is 0 Å². The maximum absolute atomic E-state index is 5.22. The van der Waals surface area contributed by atoms with Crippen molar-refractivity contribution in [3.05, 3.63) is 24.3 Å². The van der Waals surface area contributed by atoms with Crippen LogP contribution in [0.5, 0.6) is 5.75 Å². The first-order valence-corrected chi connectivity index (χ1v) is 4.85. The van der Waals surface area contributed by atoms with E-state index in [4.69, 9.17) is 9.47 Å². The van der Waals surface area contributed by atoms with E-state index in [0.717, 1.165) is 5.75 Å². The molecule has 3 heteroatoms. The third-order valence-corrected chi connectivity index (χ3v) is 2.15. The quantitative estimate of drug-likeness (QED) is 0.529. The smallest absolute Gasteiger partial charge is 0.188 e. The minimum absolute atomic E-state index is 0.304. The zero-order valence-corrected chi connectivity index (χ0v) is 8.06. The summed E-state index contributed by atoms with van der Waals surface area (Å²) in [5, 5.41) is 0. The molecule has 0 radical (unpaired) electrons. The highest BCUT2D eigenvalue weighted by Gasteiger charge is 1.92. The number of rotatable bonds is 4. The molecule has 0 fully saturated rings. The fourth-order valence-corrected chi connectivity index (χ4v) is 1.21. The van der Waals surface area contributed by atoms with E-state index in [1.807, 2.05) is 30.5 Å². The molecule has 0 amide bonds. The molecule has 0 heterocycles. The van der Waals surface area contributed by atoms with Gasteiger partial charge < -0.3 is 9.47 Å². The van der Waals surface area contributed by atoms with E-state index in [-0.39, 0.29) is 0 Å². The molecule has 0 aliphatic carbocycles. The maximum atomic E-state index is 5.22. The van der Waals surface area contributed by atoms with Crippen LogP contribution >= 0.6 is 11.8 Å². The Balaban J connectivity index is 2.53. The standard InChI is InChI=1S/C9H12O2S/c1-10-7-11-8-3-5-9(12-2)6-4-8/h3-6H,7H2,1-2H3. The molecule has 1 aromatic carbocycles. The van der Waals surface area contributed by atoms with E-state index in [9.17, 15) is 0 Å². The van der Waals surface area contributed by atoms with Crippen molar-refractivity contribution < 1.29 is 9.47 Å². The van der Waals surface area contributed by atoms with Gasteiger partial charge in [0.25, 0.3) is 0 Å². The minimum atomic E-state index is 0.304. The summed E-state index contributed by atoms with van der Waals surface area (Å²) < 4.78 is 10.00. The van der Waals surface area contributed by atoms with Gasteiger partial charge in [0.15, 0.2) is 6.79 Å². The lowest BCUT2D eigenvalue weighted by Gasteiger charge is -2.04. The Kier molecular flexibility index (Phi) is 3.97. The molecule has 1 aromatic rings. The molecule has 0 aromatic heterocycles. The lowest BCUT2D eigenvalue weighted by molar-refractivity contribution is 0.0511. The summed E-state index contributed by atoms with van der Waals surface area (Å²) in [6.07, 6.45) is 2.05. The van der Waals surface area contributed by atoms with Gasteiger partial charge in [0.1, 0.15) is 5.75 Å². The molecule has 0 N–H and O–H groups in total. The van der Waals surface area contributed by atoms with Crippen molar-refractivity contribution in [3.8, 4) is 5.75 Å². The first-order valence-electron chi connectivity index (χ1n) is 3.62. The summed E-state index contributed by atoms with van der Waals surface area (Å²) in [6.45, 7) is 0.304. The number of hydrogen-bond acceptors (Lipinski definition) is 3. The fourth-order valence-electron chi connectivity index (χ4n) is 0.799. The number of methoxy groups -OCH3 is 1. The Morgan fingerprint density at radius 2 is 1.92 bits per heavy atom. The monoisotopic (exact) mass is 184 g/mol. The van der Waals surface area contributed by atoms with Gasteiger partial charge in [0.2, 0.25) is 0 Å². The Bertz CT molecular complexity index is 220. The summed E-state index contributed by atoms with van der Waals surface area (Å²) in [5.41, 5.74) is 0. The van der Waals surface area contributed by atoms with Gasteiger partial charge in [0, 0.05) is 12.0 Å². The molecule has 2 nitrogen and oxygen atoms in total. The van der Waals surface area contributed by atoms with Crippen LogP contribution in [0.1, 0.15) is 0 Å². The molecule has 0 atom stereocenters. The van der Waals surface area contributed by atoms with Crippen molar-refractivity contribution in [3.63, 3.8) is 0 Å². The molecule has 0 spiro atoms. The Morgan fingerprint density at radius 3 is 2.42 bits per heavy atom. The van der Waals surface area contributed by atoms with Gasteiger partial charge >= 0.3 is 0 Å². The SMILES string of the molecule is COCOc1ccc(SC)cc1. The van der Waals surface area contributed by atoms with Crippen molar-refractivity contribution in [1.29, 1.82) is 0 Å². The summed E-state index contributed by atoms with van der Waals surface area (Å²) in [5.74, 6) is 0.842. The Hall–Kier alpha value is -0.670. The first kappa shape index (κ1) is 9.42. The van der Waals surface area contributed by atoms with E-state index in [2.05, 4.69) is 0 Å². The van der Waals surface area contributed by atoms with Crippen LogP contribution in [0.3, 0.4) is 0 Å². The highest BCUT2D eigenvalue weighted by molar-refractivity contribution is 7.98. The predicted octanol–water partition coefficient (Wildman–Crippen LogP) is 2.39. The molecule has 0 saturated heterocycles. The van der Waals surface area contributed by atoms with Gasteiger partial charge in [-0.05, 0) is 30.5 Å². The van der Waals surface area contributed by atoms with E-state index >= 15 is 0 Å². The molecule has 0 aliphatic rings. The van der Waals surface area contributed by atoms with Crippen LogP contribution in [-0.2, 0) is 4.74 Å². The molecule has 0 unspecified atom stereocenters. The molecule has 1 rings (SSSR count). The van der Waals surface area contributed by atoms with Crippen molar-refractivity contribution >= 4 is 11.8 Å². The predicted molar refractivity (Wildman–Crippen MR) is 50.7 cm³/mol.